The van der Waals surface area contributed by atoms with Crippen molar-refractivity contribution in [1.29, 1.82) is 0 Å². The molecule has 0 heterocycles. The Kier molecular flexibility index (Phi) is 5.44. The summed E-state index contributed by atoms with van der Waals surface area (Å²) in [5.41, 5.74) is -0.530. The molecule has 2 rings (SSSR count). The van der Waals surface area contributed by atoms with E-state index in [-0.39, 0.29) is 12.1 Å². The molecule has 0 aromatic carbocycles. The molecule has 0 aliphatic heterocycles. The number of nitrogens with one attached hydrogen (secondary N) is 1. The van der Waals surface area contributed by atoms with E-state index in [2.05, 4.69) is 12.2 Å². The zero-order valence-corrected chi connectivity index (χ0v) is 13.1. The minimum atomic E-state index is -0.530. The molecule has 2 saturated carbocycles. The van der Waals surface area contributed by atoms with Crippen molar-refractivity contribution >= 4 is 5.97 Å². The summed E-state index contributed by atoms with van der Waals surface area (Å²) in [6.07, 6.45) is 9.35. The van der Waals surface area contributed by atoms with Crippen molar-refractivity contribution in [2.24, 2.45) is 5.92 Å². The Morgan fingerprint density at radius 2 is 2.10 bits per heavy atom. The highest BCUT2D eigenvalue weighted by molar-refractivity contribution is 5.81. The first-order chi connectivity index (χ1) is 9.63. The van der Waals surface area contributed by atoms with Gasteiger partial charge in [-0.15, -0.1) is 0 Å². The van der Waals surface area contributed by atoms with Crippen LogP contribution in [0.2, 0.25) is 0 Å². The molecule has 4 atom stereocenters. The predicted molar refractivity (Wildman–Crippen MR) is 78.6 cm³/mol. The quantitative estimate of drug-likeness (QED) is 0.788. The van der Waals surface area contributed by atoms with Crippen LogP contribution in [-0.2, 0) is 14.3 Å². The average Bonchev–Trinajstić information content (AvgIpc) is 2.91. The van der Waals surface area contributed by atoms with E-state index < -0.39 is 5.54 Å². The van der Waals surface area contributed by atoms with Gasteiger partial charge < -0.3 is 14.8 Å². The Morgan fingerprint density at radius 3 is 2.75 bits per heavy atom. The molecule has 2 aliphatic carbocycles. The van der Waals surface area contributed by atoms with E-state index in [1.54, 1.807) is 0 Å². The lowest BCUT2D eigenvalue weighted by molar-refractivity contribution is -0.149. The van der Waals surface area contributed by atoms with E-state index in [0.29, 0.717) is 6.10 Å². The molecule has 4 heteroatoms. The van der Waals surface area contributed by atoms with Crippen LogP contribution in [0.25, 0.3) is 0 Å². The normalized spacial score (nSPS) is 37.9. The monoisotopic (exact) mass is 283 g/mol. The second-order valence-electron chi connectivity index (χ2n) is 6.39. The van der Waals surface area contributed by atoms with Crippen molar-refractivity contribution in [2.45, 2.75) is 76.0 Å². The van der Waals surface area contributed by atoms with Crippen LogP contribution in [0.5, 0.6) is 0 Å². The van der Waals surface area contributed by atoms with Gasteiger partial charge in [0.25, 0.3) is 0 Å². The van der Waals surface area contributed by atoms with E-state index in [1.807, 2.05) is 7.05 Å². The fourth-order valence-corrected chi connectivity index (χ4v) is 3.83. The topological polar surface area (TPSA) is 47.6 Å². The van der Waals surface area contributed by atoms with Crippen molar-refractivity contribution in [3.05, 3.63) is 0 Å². The number of ether oxygens (including phenoxy) is 2. The molecule has 0 aromatic rings. The van der Waals surface area contributed by atoms with Gasteiger partial charge >= 0.3 is 5.97 Å². The van der Waals surface area contributed by atoms with Crippen molar-refractivity contribution in [2.75, 3.05) is 14.2 Å². The molecular formula is C16H29NO3. The van der Waals surface area contributed by atoms with Crippen LogP contribution < -0.4 is 5.32 Å². The highest BCUT2D eigenvalue weighted by Crippen LogP contribution is 2.36. The van der Waals surface area contributed by atoms with Crippen molar-refractivity contribution < 1.29 is 14.3 Å². The summed E-state index contributed by atoms with van der Waals surface area (Å²) in [7, 11) is 3.30. The molecule has 4 nitrogen and oxygen atoms in total. The summed E-state index contributed by atoms with van der Waals surface area (Å²) >= 11 is 0. The van der Waals surface area contributed by atoms with Crippen LogP contribution in [0.4, 0.5) is 0 Å². The maximum Gasteiger partial charge on any atom is 0.326 e. The van der Waals surface area contributed by atoms with Gasteiger partial charge in [-0.1, -0.05) is 26.2 Å². The van der Waals surface area contributed by atoms with Gasteiger partial charge in [0, 0.05) is 6.42 Å². The van der Waals surface area contributed by atoms with Crippen LogP contribution in [-0.4, -0.2) is 37.9 Å². The molecule has 2 aliphatic rings. The molecule has 0 bridgehead atoms. The largest absolute Gasteiger partial charge is 0.468 e. The second kappa shape index (κ2) is 6.90. The van der Waals surface area contributed by atoms with Crippen LogP contribution in [0, 0.1) is 5.92 Å². The average molecular weight is 283 g/mol. The van der Waals surface area contributed by atoms with Gasteiger partial charge in [-0.05, 0) is 38.6 Å². The number of hydrogen-bond donors (Lipinski definition) is 1. The summed E-state index contributed by atoms with van der Waals surface area (Å²) in [6, 6.07) is 0. The zero-order chi connectivity index (χ0) is 14.6. The van der Waals surface area contributed by atoms with Crippen LogP contribution in [0.1, 0.15) is 58.3 Å². The predicted octanol–water partition coefficient (Wildman–Crippen LogP) is 2.66. The SMILES string of the molecule is CCC1CCCC(OC2CCC(NC)(C(=O)OC)C2)C1. The smallest absolute Gasteiger partial charge is 0.326 e. The lowest BCUT2D eigenvalue weighted by Gasteiger charge is -2.31. The number of carbonyl (C=O) groups is 1. The number of likely N-dealkylation sites (N-methyl/N-ethyl adjacent to an activating group) is 1. The highest BCUT2D eigenvalue weighted by Gasteiger charge is 2.46. The van der Waals surface area contributed by atoms with Crippen molar-refractivity contribution in [3.8, 4) is 0 Å². The van der Waals surface area contributed by atoms with Crippen LogP contribution >= 0.6 is 0 Å². The third-order valence-corrected chi connectivity index (χ3v) is 5.22. The Bertz CT molecular complexity index is 334. The van der Waals surface area contributed by atoms with E-state index in [9.17, 15) is 4.79 Å². The first kappa shape index (κ1) is 15.8. The van der Waals surface area contributed by atoms with E-state index >= 15 is 0 Å². The van der Waals surface area contributed by atoms with Gasteiger partial charge in [0.15, 0.2) is 0 Å². The Balaban J connectivity index is 1.88. The van der Waals surface area contributed by atoms with E-state index in [1.165, 1.54) is 39.2 Å². The molecule has 2 fully saturated rings. The first-order valence-electron chi connectivity index (χ1n) is 8.06. The second-order valence-corrected chi connectivity index (χ2v) is 6.39. The van der Waals surface area contributed by atoms with Crippen molar-refractivity contribution in [3.63, 3.8) is 0 Å². The maximum absolute atomic E-state index is 12.0. The lowest BCUT2D eigenvalue weighted by atomic mass is 9.85. The number of methoxy groups -OCH3 is 1. The Labute approximate surface area is 122 Å². The van der Waals surface area contributed by atoms with Gasteiger partial charge in [0.1, 0.15) is 5.54 Å². The first-order valence-corrected chi connectivity index (χ1v) is 8.06. The third kappa shape index (κ3) is 3.34. The number of hydrogen-bond acceptors (Lipinski definition) is 4. The van der Waals surface area contributed by atoms with Gasteiger partial charge in [0.05, 0.1) is 19.3 Å². The molecule has 0 spiro atoms. The molecule has 1 N–H and O–H groups in total. The molecule has 116 valence electrons. The fourth-order valence-electron chi connectivity index (χ4n) is 3.83. The van der Waals surface area contributed by atoms with Gasteiger partial charge in [-0.2, -0.15) is 0 Å². The minimum Gasteiger partial charge on any atom is -0.468 e. The fraction of sp³-hybridized carbons (Fsp3) is 0.938. The Hall–Kier alpha value is -0.610. The van der Waals surface area contributed by atoms with Gasteiger partial charge in [0.2, 0.25) is 0 Å². The molecule has 20 heavy (non-hydrogen) atoms. The molecule has 0 aromatic heterocycles. The number of carbonyl (C=O) groups excluding carboxylic acids is 1. The number of rotatable bonds is 5. The Morgan fingerprint density at radius 1 is 1.30 bits per heavy atom. The standard InChI is InChI=1S/C16H29NO3/c1-4-12-6-5-7-13(10-12)20-14-8-9-16(11-14,17-2)15(18)19-3/h12-14,17H,4-11H2,1-3H3. The highest BCUT2D eigenvalue weighted by atomic mass is 16.5. The molecule has 0 radical (unpaired) electrons. The zero-order valence-electron chi connectivity index (χ0n) is 13.1. The lowest BCUT2D eigenvalue weighted by Crippen LogP contribution is -2.49. The third-order valence-electron chi connectivity index (χ3n) is 5.22. The van der Waals surface area contributed by atoms with Crippen LogP contribution in [0.15, 0.2) is 0 Å². The summed E-state index contributed by atoms with van der Waals surface area (Å²) in [4.78, 5) is 12.0. The summed E-state index contributed by atoms with van der Waals surface area (Å²) in [5.74, 6) is 0.672. The van der Waals surface area contributed by atoms with Crippen molar-refractivity contribution in [1.82, 2.24) is 5.32 Å². The molecule has 0 saturated heterocycles. The van der Waals surface area contributed by atoms with E-state index in [0.717, 1.165) is 25.2 Å². The number of esters is 1. The molecule has 0 amide bonds. The van der Waals surface area contributed by atoms with Crippen LogP contribution in [0.3, 0.4) is 0 Å². The maximum atomic E-state index is 12.0. The molecular weight excluding hydrogens is 254 g/mol. The summed E-state index contributed by atoms with van der Waals surface area (Å²) < 4.78 is 11.2. The molecule has 4 unspecified atom stereocenters. The van der Waals surface area contributed by atoms with Gasteiger partial charge in [-0.25, -0.2) is 0 Å². The van der Waals surface area contributed by atoms with E-state index in [4.69, 9.17) is 9.47 Å². The summed E-state index contributed by atoms with van der Waals surface area (Å²) in [6.45, 7) is 2.27. The summed E-state index contributed by atoms with van der Waals surface area (Å²) in [5, 5.41) is 3.16. The minimum absolute atomic E-state index is 0.152. The van der Waals surface area contributed by atoms with Gasteiger partial charge in [-0.3, -0.25) is 4.79 Å².